The largest absolute Gasteiger partial charge is 0.497 e. The molecule has 0 saturated heterocycles. The molecule has 8 nitrogen and oxygen atoms in total. The molecule has 0 radical (unpaired) electrons. The number of nitrogens with zero attached hydrogens (tertiary/aromatic N) is 2. The van der Waals surface area contributed by atoms with Gasteiger partial charge in [0.2, 0.25) is 5.55 Å². The number of nitrogens with two attached hydrogens (primary N) is 1. The van der Waals surface area contributed by atoms with Crippen molar-refractivity contribution in [1.82, 2.24) is 0 Å². The lowest BCUT2D eigenvalue weighted by molar-refractivity contribution is 0.414. The Balaban J connectivity index is 1.55. The summed E-state index contributed by atoms with van der Waals surface area (Å²) in [5.74, 6) is 1.12. The van der Waals surface area contributed by atoms with Gasteiger partial charge >= 0.3 is 0 Å². The molecule has 1 aromatic heterocycles. The SMILES string of the molecule is COc1ccc(S(=O)(=O)Nc2ccc(N3CN=c4occc4=C3N)cc2)cc1. The van der Waals surface area contributed by atoms with Crippen molar-refractivity contribution in [1.29, 1.82) is 0 Å². The van der Waals surface area contributed by atoms with Crippen molar-refractivity contribution in [2.24, 2.45) is 10.7 Å². The maximum absolute atomic E-state index is 12.5. The van der Waals surface area contributed by atoms with Crippen LogP contribution in [-0.4, -0.2) is 22.2 Å². The van der Waals surface area contributed by atoms with E-state index in [0.29, 0.717) is 29.5 Å². The minimum absolute atomic E-state index is 0.150. The molecule has 3 N–H and O–H groups in total. The maximum atomic E-state index is 12.5. The number of furan rings is 1. The maximum Gasteiger partial charge on any atom is 0.261 e. The van der Waals surface area contributed by atoms with Crippen LogP contribution >= 0.6 is 0 Å². The van der Waals surface area contributed by atoms with E-state index in [4.69, 9.17) is 14.9 Å². The number of hydrogen-bond donors (Lipinski definition) is 2. The number of ether oxygens (including phenoxy) is 1. The lowest BCUT2D eigenvalue weighted by Crippen LogP contribution is -2.42. The second-order valence-corrected chi connectivity index (χ2v) is 7.76. The minimum atomic E-state index is -3.70. The average Bonchev–Trinajstić information content (AvgIpc) is 3.19. The predicted octanol–water partition coefficient (Wildman–Crippen LogP) is 1.21. The molecule has 0 amide bonds. The summed E-state index contributed by atoms with van der Waals surface area (Å²) in [6.45, 7) is 0.323. The number of rotatable bonds is 5. The van der Waals surface area contributed by atoms with Gasteiger partial charge in [-0.15, -0.1) is 0 Å². The number of hydrogen-bond acceptors (Lipinski definition) is 7. The van der Waals surface area contributed by atoms with Gasteiger partial charge < -0.3 is 19.8 Å². The van der Waals surface area contributed by atoms with Gasteiger partial charge in [-0.25, -0.2) is 13.4 Å². The van der Waals surface area contributed by atoms with Crippen LogP contribution in [0.1, 0.15) is 0 Å². The van der Waals surface area contributed by atoms with Crippen LogP contribution in [0.5, 0.6) is 5.75 Å². The van der Waals surface area contributed by atoms with Gasteiger partial charge in [0.25, 0.3) is 10.0 Å². The van der Waals surface area contributed by atoms with Crippen LogP contribution in [0.25, 0.3) is 5.82 Å². The summed E-state index contributed by atoms with van der Waals surface area (Å²) in [6, 6.07) is 14.8. The van der Waals surface area contributed by atoms with Crippen molar-refractivity contribution in [2.45, 2.75) is 4.90 Å². The summed E-state index contributed by atoms with van der Waals surface area (Å²) in [5, 5.41) is 0.732. The summed E-state index contributed by atoms with van der Waals surface area (Å²) in [4.78, 5) is 6.30. The fraction of sp³-hybridized carbons (Fsp3) is 0.105. The minimum Gasteiger partial charge on any atom is -0.497 e. The van der Waals surface area contributed by atoms with Crippen LogP contribution < -0.4 is 30.9 Å². The molecule has 0 saturated carbocycles. The third-order valence-corrected chi connectivity index (χ3v) is 5.77. The summed E-state index contributed by atoms with van der Waals surface area (Å²) in [6.07, 6.45) is 1.54. The number of methoxy groups -OCH3 is 1. The fourth-order valence-corrected chi connectivity index (χ4v) is 3.93. The van der Waals surface area contributed by atoms with Crippen molar-refractivity contribution in [2.75, 3.05) is 23.4 Å². The Labute approximate surface area is 161 Å². The molecule has 0 spiro atoms. The van der Waals surface area contributed by atoms with E-state index in [1.807, 2.05) is 4.90 Å². The molecular weight excluding hydrogens is 380 g/mol. The molecule has 28 heavy (non-hydrogen) atoms. The smallest absolute Gasteiger partial charge is 0.261 e. The zero-order valence-electron chi connectivity index (χ0n) is 15.0. The Morgan fingerprint density at radius 2 is 1.82 bits per heavy atom. The molecule has 9 heteroatoms. The van der Waals surface area contributed by atoms with Gasteiger partial charge in [0.1, 0.15) is 18.2 Å². The molecule has 1 aliphatic rings. The quantitative estimate of drug-likeness (QED) is 0.669. The molecule has 4 rings (SSSR count). The van der Waals surface area contributed by atoms with Crippen LogP contribution in [0, 0.1) is 0 Å². The first-order chi connectivity index (χ1) is 13.5. The third-order valence-electron chi connectivity index (χ3n) is 4.37. The molecule has 0 bridgehead atoms. The van der Waals surface area contributed by atoms with E-state index in [1.54, 1.807) is 48.7 Å². The van der Waals surface area contributed by atoms with Gasteiger partial charge in [-0.3, -0.25) is 4.72 Å². The van der Waals surface area contributed by atoms with Gasteiger partial charge in [-0.2, -0.15) is 0 Å². The van der Waals surface area contributed by atoms with Gasteiger partial charge in [-0.1, -0.05) is 0 Å². The van der Waals surface area contributed by atoms with Gasteiger partial charge in [-0.05, 0) is 54.6 Å². The Hall–Kier alpha value is -3.46. The lowest BCUT2D eigenvalue weighted by atomic mass is 10.2. The van der Waals surface area contributed by atoms with E-state index in [9.17, 15) is 8.42 Å². The standard InChI is InChI=1S/C19H18N4O4S/c1-26-15-6-8-16(9-7-15)28(24,25)22-13-2-4-14(5-3-13)23-12-21-19-17(18(23)20)10-11-27-19/h2-11,22H,12,20H2,1H3. The fourth-order valence-electron chi connectivity index (χ4n) is 2.87. The van der Waals surface area contributed by atoms with Crippen LogP contribution in [0.4, 0.5) is 11.4 Å². The summed E-state index contributed by atoms with van der Waals surface area (Å²) >= 11 is 0. The molecule has 2 heterocycles. The van der Waals surface area contributed by atoms with Gasteiger partial charge in [0.05, 0.1) is 23.5 Å². The molecule has 1 aliphatic heterocycles. The number of sulfonamides is 1. The van der Waals surface area contributed by atoms with Crippen LogP contribution in [0.3, 0.4) is 0 Å². The third kappa shape index (κ3) is 3.27. The van der Waals surface area contributed by atoms with E-state index in [1.165, 1.54) is 19.2 Å². The van der Waals surface area contributed by atoms with Gasteiger partial charge in [0, 0.05) is 11.4 Å². The number of fused-ring (bicyclic) bond motifs is 1. The Bertz CT molecular complexity index is 1220. The topological polar surface area (TPSA) is 110 Å². The first kappa shape index (κ1) is 17.9. The van der Waals surface area contributed by atoms with Crippen molar-refractivity contribution < 1.29 is 17.6 Å². The van der Waals surface area contributed by atoms with Crippen LogP contribution in [-0.2, 0) is 10.0 Å². The number of anilines is 2. The first-order valence-electron chi connectivity index (χ1n) is 8.40. The van der Waals surface area contributed by atoms with Crippen molar-refractivity contribution in [3.8, 4) is 5.75 Å². The van der Waals surface area contributed by atoms with E-state index < -0.39 is 10.0 Å². The average molecular weight is 398 g/mol. The van der Waals surface area contributed by atoms with E-state index >= 15 is 0 Å². The summed E-state index contributed by atoms with van der Waals surface area (Å²) in [5.41, 5.74) is 7.95. The molecule has 0 atom stereocenters. The molecular formula is C19H18N4O4S. The number of nitrogens with one attached hydrogen (secondary N) is 1. The highest BCUT2D eigenvalue weighted by Gasteiger charge is 2.17. The molecule has 0 fully saturated rings. The highest BCUT2D eigenvalue weighted by molar-refractivity contribution is 7.92. The Kier molecular flexibility index (Phi) is 4.44. The van der Waals surface area contributed by atoms with Crippen LogP contribution in [0.2, 0.25) is 0 Å². The van der Waals surface area contributed by atoms with E-state index in [2.05, 4.69) is 9.71 Å². The number of benzene rings is 2. The molecule has 144 valence electrons. The molecule has 0 unspecified atom stereocenters. The predicted molar refractivity (Wildman–Crippen MR) is 105 cm³/mol. The lowest BCUT2D eigenvalue weighted by Gasteiger charge is -2.24. The zero-order valence-corrected chi connectivity index (χ0v) is 15.8. The van der Waals surface area contributed by atoms with Gasteiger partial charge in [0.15, 0.2) is 0 Å². The van der Waals surface area contributed by atoms with Crippen molar-refractivity contribution in [3.63, 3.8) is 0 Å². The van der Waals surface area contributed by atoms with E-state index in [0.717, 1.165) is 10.9 Å². The molecule has 3 aromatic rings. The monoisotopic (exact) mass is 398 g/mol. The second kappa shape index (κ2) is 6.93. The Morgan fingerprint density at radius 3 is 2.50 bits per heavy atom. The van der Waals surface area contributed by atoms with Crippen LogP contribution in [0.15, 0.2) is 75.2 Å². The highest BCUT2D eigenvalue weighted by Crippen LogP contribution is 2.23. The summed E-state index contributed by atoms with van der Waals surface area (Å²) < 4.78 is 37.9. The second-order valence-electron chi connectivity index (χ2n) is 6.08. The zero-order chi connectivity index (χ0) is 19.7. The summed E-state index contributed by atoms with van der Waals surface area (Å²) in [7, 11) is -2.17. The molecule has 0 aliphatic carbocycles. The normalized spacial score (nSPS) is 13.6. The van der Waals surface area contributed by atoms with E-state index in [-0.39, 0.29) is 4.90 Å². The Morgan fingerprint density at radius 1 is 1.11 bits per heavy atom. The molecule has 2 aromatic carbocycles. The first-order valence-corrected chi connectivity index (χ1v) is 9.88. The van der Waals surface area contributed by atoms with Crippen molar-refractivity contribution in [3.05, 3.63) is 71.6 Å². The highest BCUT2D eigenvalue weighted by atomic mass is 32.2. The van der Waals surface area contributed by atoms with Crippen molar-refractivity contribution >= 4 is 27.2 Å².